The lowest BCUT2D eigenvalue weighted by Gasteiger charge is -2.24. The maximum atomic E-state index is 12.7. The van der Waals surface area contributed by atoms with Crippen LogP contribution < -0.4 is 0 Å². The number of nitrogens with zero attached hydrogens (tertiary/aromatic N) is 2. The number of sulfone groups is 2. The number of hydrogen-bond acceptors (Lipinski definition) is 7. The van der Waals surface area contributed by atoms with Gasteiger partial charge in [0.2, 0.25) is 0 Å². The lowest BCUT2D eigenvalue weighted by atomic mass is 9.92. The number of hydrogen-bond donors (Lipinski definition) is 0. The van der Waals surface area contributed by atoms with Gasteiger partial charge in [-0.3, -0.25) is 4.98 Å². The number of fused-ring (bicyclic) bond motifs is 1. The first-order chi connectivity index (χ1) is 18.3. The maximum Gasteiger partial charge on any atom is 0.175 e. The van der Waals surface area contributed by atoms with Gasteiger partial charge < -0.3 is 0 Å². The molecule has 2 heterocycles. The van der Waals surface area contributed by atoms with E-state index in [9.17, 15) is 16.8 Å². The van der Waals surface area contributed by atoms with E-state index in [4.69, 9.17) is 4.98 Å². The van der Waals surface area contributed by atoms with Crippen molar-refractivity contribution in [2.24, 2.45) is 0 Å². The second-order valence-electron chi connectivity index (χ2n) is 10.2. The van der Waals surface area contributed by atoms with Crippen molar-refractivity contribution in [3.8, 4) is 32.8 Å². The molecule has 0 fully saturated rings. The van der Waals surface area contributed by atoms with Crippen LogP contribution in [0.1, 0.15) is 24.4 Å². The standard InChI is InChI=1S/C30H28N2O4S3/c1-19-32-28(20-11-13-25(14-12-20)38(4,33)34)29(37-19)23-9-6-8-21(16-23)26-18-24(30(2,3)39(5,35)36)17-22-10-7-15-31-27(22)26/h6-18H,1-5H3. The molecular formula is C30H28N2O4S3. The van der Waals surface area contributed by atoms with Crippen molar-refractivity contribution < 1.29 is 16.8 Å². The summed E-state index contributed by atoms with van der Waals surface area (Å²) in [5.74, 6) is 0. The fourth-order valence-corrected chi connectivity index (χ4v) is 6.59. The Labute approximate surface area is 233 Å². The van der Waals surface area contributed by atoms with E-state index in [-0.39, 0.29) is 4.90 Å². The molecule has 0 atom stereocenters. The van der Waals surface area contributed by atoms with Crippen LogP contribution in [0, 0.1) is 6.92 Å². The maximum absolute atomic E-state index is 12.7. The van der Waals surface area contributed by atoms with Crippen LogP contribution in [-0.4, -0.2) is 39.3 Å². The number of aryl methyl sites for hydroxylation is 1. The summed E-state index contributed by atoms with van der Waals surface area (Å²) < 4.78 is 48.1. The zero-order valence-electron chi connectivity index (χ0n) is 22.3. The Kier molecular flexibility index (Phi) is 6.73. The van der Waals surface area contributed by atoms with Crippen LogP contribution in [0.4, 0.5) is 0 Å². The molecule has 0 saturated heterocycles. The second kappa shape index (κ2) is 9.66. The van der Waals surface area contributed by atoms with Crippen molar-refractivity contribution in [3.05, 3.63) is 89.6 Å². The molecule has 9 heteroatoms. The largest absolute Gasteiger partial charge is 0.256 e. The predicted octanol–water partition coefficient (Wildman–Crippen LogP) is 6.68. The van der Waals surface area contributed by atoms with E-state index in [0.29, 0.717) is 5.56 Å². The third kappa shape index (κ3) is 5.14. The summed E-state index contributed by atoms with van der Waals surface area (Å²) in [5, 5.41) is 1.76. The normalized spacial score (nSPS) is 12.6. The minimum Gasteiger partial charge on any atom is -0.256 e. The van der Waals surface area contributed by atoms with Gasteiger partial charge in [-0.2, -0.15) is 0 Å². The fraction of sp³-hybridized carbons (Fsp3) is 0.200. The van der Waals surface area contributed by atoms with Gasteiger partial charge in [0.1, 0.15) is 0 Å². The molecule has 0 saturated carbocycles. The van der Waals surface area contributed by atoms with E-state index in [1.165, 1.54) is 12.5 Å². The Bertz CT molecular complexity index is 1940. The first kappa shape index (κ1) is 27.2. The summed E-state index contributed by atoms with van der Waals surface area (Å²) in [4.78, 5) is 10.6. The molecule has 5 rings (SSSR count). The molecule has 2 aromatic heterocycles. The lowest BCUT2D eigenvalue weighted by molar-refractivity contribution is 0.561. The number of pyridine rings is 1. The Hall–Kier alpha value is -3.40. The van der Waals surface area contributed by atoms with E-state index in [0.717, 1.165) is 48.7 Å². The molecule has 0 spiro atoms. The molecule has 3 aromatic carbocycles. The van der Waals surface area contributed by atoms with Crippen LogP contribution in [0.3, 0.4) is 0 Å². The van der Waals surface area contributed by atoms with E-state index < -0.39 is 24.4 Å². The molecule has 0 N–H and O–H groups in total. The summed E-state index contributed by atoms with van der Waals surface area (Å²) in [5.41, 5.74) is 5.82. The van der Waals surface area contributed by atoms with Crippen molar-refractivity contribution in [1.82, 2.24) is 9.97 Å². The van der Waals surface area contributed by atoms with Crippen molar-refractivity contribution in [2.75, 3.05) is 12.5 Å². The van der Waals surface area contributed by atoms with Gasteiger partial charge in [-0.05, 0) is 73.9 Å². The minimum atomic E-state index is -3.38. The van der Waals surface area contributed by atoms with Gasteiger partial charge in [-0.15, -0.1) is 11.3 Å². The quantitative estimate of drug-likeness (QED) is 0.224. The van der Waals surface area contributed by atoms with Crippen LogP contribution in [0.15, 0.2) is 83.9 Å². The van der Waals surface area contributed by atoms with Crippen molar-refractivity contribution >= 4 is 41.9 Å². The van der Waals surface area contributed by atoms with Crippen LogP contribution in [0.25, 0.3) is 43.7 Å². The lowest BCUT2D eigenvalue weighted by Crippen LogP contribution is -2.28. The Morgan fingerprint density at radius 3 is 2.15 bits per heavy atom. The smallest absolute Gasteiger partial charge is 0.175 e. The fourth-order valence-electron chi connectivity index (χ4n) is 4.48. The minimum absolute atomic E-state index is 0.262. The molecule has 0 aliphatic heterocycles. The van der Waals surface area contributed by atoms with Gasteiger partial charge in [0.05, 0.1) is 30.7 Å². The molecule has 0 unspecified atom stereocenters. The van der Waals surface area contributed by atoms with Gasteiger partial charge >= 0.3 is 0 Å². The average molecular weight is 577 g/mol. The molecule has 6 nitrogen and oxygen atoms in total. The van der Waals surface area contributed by atoms with Crippen LogP contribution >= 0.6 is 11.3 Å². The summed E-state index contributed by atoms with van der Waals surface area (Å²) in [6.45, 7) is 5.39. The molecule has 0 radical (unpaired) electrons. The third-order valence-corrected chi connectivity index (χ3v) is 11.3. The SMILES string of the molecule is Cc1nc(-c2ccc(S(C)(=O)=O)cc2)c(-c2cccc(-c3cc(C(C)(C)S(C)(=O)=O)cc4cccnc34)c2)s1. The zero-order chi connectivity index (χ0) is 28.2. The van der Waals surface area contributed by atoms with Gasteiger partial charge in [-0.25, -0.2) is 21.8 Å². The van der Waals surface area contributed by atoms with Crippen molar-refractivity contribution in [1.29, 1.82) is 0 Å². The highest BCUT2D eigenvalue weighted by molar-refractivity contribution is 7.91. The molecule has 0 aliphatic carbocycles. The summed E-state index contributed by atoms with van der Waals surface area (Å²) in [6.07, 6.45) is 4.19. The number of thiazole rings is 1. The van der Waals surface area contributed by atoms with Gasteiger partial charge in [0.25, 0.3) is 0 Å². The third-order valence-electron chi connectivity index (χ3n) is 7.05. The predicted molar refractivity (Wildman–Crippen MR) is 159 cm³/mol. The summed E-state index contributed by atoms with van der Waals surface area (Å²) in [6, 6.07) is 22.5. The summed E-state index contributed by atoms with van der Waals surface area (Å²) >= 11 is 1.57. The van der Waals surface area contributed by atoms with E-state index in [1.807, 2.05) is 49.4 Å². The zero-order valence-corrected chi connectivity index (χ0v) is 24.7. The van der Waals surface area contributed by atoms with Crippen molar-refractivity contribution in [3.63, 3.8) is 0 Å². The van der Waals surface area contributed by atoms with E-state index in [2.05, 4.69) is 11.1 Å². The molecule has 0 amide bonds. The van der Waals surface area contributed by atoms with Gasteiger partial charge in [-0.1, -0.05) is 36.4 Å². The van der Waals surface area contributed by atoms with Crippen LogP contribution in [0.5, 0.6) is 0 Å². The van der Waals surface area contributed by atoms with Crippen LogP contribution in [0.2, 0.25) is 0 Å². The topological polar surface area (TPSA) is 94.1 Å². The van der Waals surface area contributed by atoms with E-state index in [1.54, 1.807) is 55.6 Å². The number of rotatable bonds is 6. The molecule has 39 heavy (non-hydrogen) atoms. The highest BCUT2D eigenvalue weighted by Gasteiger charge is 2.33. The summed E-state index contributed by atoms with van der Waals surface area (Å²) in [7, 11) is -6.68. The molecule has 0 bridgehead atoms. The molecule has 0 aliphatic rings. The average Bonchev–Trinajstić information content (AvgIpc) is 3.28. The highest BCUT2D eigenvalue weighted by atomic mass is 32.2. The van der Waals surface area contributed by atoms with Gasteiger partial charge in [0.15, 0.2) is 19.7 Å². The first-order valence-corrected chi connectivity index (χ1v) is 16.8. The molecular weight excluding hydrogens is 549 g/mol. The Morgan fingerprint density at radius 2 is 1.49 bits per heavy atom. The number of aromatic nitrogens is 2. The first-order valence-electron chi connectivity index (χ1n) is 12.2. The number of benzene rings is 3. The Balaban J connectivity index is 1.67. The second-order valence-corrected chi connectivity index (χ2v) is 16.0. The van der Waals surface area contributed by atoms with Crippen LogP contribution in [-0.2, 0) is 24.4 Å². The van der Waals surface area contributed by atoms with Gasteiger partial charge in [0, 0.05) is 35.2 Å². The highest BCUT2D eigenvalue weighted by Crippen LogP contribution is 2.40. The van der Waals surface area contributed by atoms with Crippen molar-refractivity contribution in [2.45, 2.75) is 30.4 Å². The molecule has 200 valence electrons. The monoisotopic (exact) mass is 576 g/mol. The van der Waals surface area contributed by atoms with E-state index >= 15 is 0 Å². The Morgan fingerprint density at radius 1 is 0.795 bits per heavy atom. The molecule has 5 aromatic rings.